The van der Waals surface area contributed by atoms with Crippen LogP contribution in [-0.2, 0) is 18.4 Å². The Bertz CT molecular complexity index is 1630. The molecule has 0 bridgehead atoms. The number of phosphoric ester groups is 1. The molecule has 0 radical (unpaired) electrons. The number of rotatable bonds is 80. The zero-order chi connectivity index (χ0) is 68.3. The standard InChI is InChI=1S/C85H167N2O6P/c1-6-8-10-12-14-16-18-20-22-24-26-28-30-32-34-36-38-39-40-41-42-43-44-45-46-47-49-51-53-55-57-59-61-63-65-67-69-71-73-75-77-79-85(89)86-83(82-93-94(90,91)92-81-80-87(3,4)5)84(88)78-76-74-72-70-68-66-64-62-60-58-56-54-52-50-48-37-35-33-31-29-27-25-23-21-19-17-15-13-11-9-7-2/h18,20,24,26,76,78,83-84,88H,6-17,19,21-23,25,27-75,77,79-82H2,1-5H3,(H-,86,89,90,91)/b20-18-,26-24-,78-76+. The lowest BCUT2D eigenvalue weighted by Gasteiger charge is -2.29. The Balaban J connectivity index is 3.89. The highest BCUT2D eigenvalue weighted by Crippen LogP contribution is 2.38. The van der Waals surface area contributed by atoms with Gasteiger partial charge in [0.1, 0.15) is 13.2 Å². The fourth-order valence-electron chi connectivity index (χ4n) is 13.3. The summed E-state index contributed by atoms with van der Waals surface area (Å²) in [4.78, 5) is 25.7. The smallest absolute Gasteiger partial charge is 0.268 e. The predicted octanol–water partition coefficient (Wildman–Crippen LogP) is 27.3. The molecular weight excluding hydrogens is 1180 g/mol. The number of aliphatic hydroxyl groups is 1. The maximum atomic E-state index is 13.1. The quantitative estimate of drug-likeness (QED) is 0.0272. The highest BCUT2D eigenvalue weighted by atomic mass is 31.2. The number of quaternary nitrogens is 1. The molecule has 2 N–H and O–H groups in total. The van der Waals surface area contributed by atoms with E-state index < -0.39 is 20.0 Å². The van der Waals surface area contributed by atoms with Crippen molar-refractivity contribution in [3.8, 4) is 0 Å². The molecule has 0 aromatic heterocycles. The Morgan fingerprint density at radius 1 is 0.372 bits per heavy atom. The molecule has 0 spiro atoms. The highest BCUT2D eigenvalue weighted by Gasteiger charge is 2.23. The van der Waals surface area contributed by atoms with Crippen LogP contribution in [0.4, 0.5) is 0 Å². The maximum absolute atomic E-state index is 13.1. The molecule has 8 nitrogen and oxygen atoms in total. The number of hydrogen-bond donors (Lipinski definition) is 2. The molecule has 0 saturated heterocycles. The topological polar surface area (TPSA) is 108 Å². The summed E-state index contributed by atoms with van der Waals surface area (Å²) in [5.41, 5.74) is 0. The van der Waals surface area contributed by atoms with Gasteiger partial charge in [0.15, 0.2) is 0 Å². The predicted molar refractivity (Wildman–Crippen MR) is 413 cm³/mol. The number of carbonyl (C=O) groups is 1. The van der Waals surface area contributed by atoms with E-state index in [0.29, 0.717) is 17.4 Å². The van der Waals surface area contributed by atoms with Crippen molar-refractivity contribution in [2.75, 3.05) is 40.9 Å². The summed E-state index contributed by atoms with van der Waals surface area (Å²) < 4.78 is 23.6. The SMILES string of the molecule is CCCCCCC/C=C\C/C=C\CCCCCCCCCCCCCCCCCCCCCCCCCCCCCCCC(=O)NC(COP(=O)([O-])OCC[N+](C)(C)C)C(O)/C=C/CCCCCCCCCCCCCCCCCCCCCCCCCCCCCCC. The molecule has 3 atom stereocenters. The number of nitrogens with one attached hydrogen (secondary N) is 1. The second-order valence-electron chi connectivity index (χ2n) is 30.5. The molecular formula is C85H167N2O6P. The largest absolute Gasteiger partial charge is 0.756 e. The molecule has 0 aliphatic carbocycles. The average Bonchev–Trinajstić information content (AvgIpc) is 1.77. The Morgan fingerprint density at radius 2 is 0.617 bits per heavy atom. The monoisotopic (exact) mass is 1340 g/mol. The fourth-order valence-corrected chi connectivity index (χ4v) is 14.0. The van der Waals surface area contributed by atoms with Crippen molar-refractivity contribution in [2.24, 2.45) is 0 Å². The third kappa shape index (κ3) is 78.1. The minimum atomic E-state index is -4.61. The molecule has 94 heavy (non-hydrogen) atoms. The molecule has 0 aromatic carbocycles. The minimum absolute atomic E-state index is 0.00209. The molecule has 0 saturated carbocycles. The Morgan fingerprint density at radius 3 is 0.883 bits per heavy atom. The van der Waals surface area contributed by atoms with Crippen LogP contribution in [0.15, 0.2) is 36.5 Å². The van der Waals surface area contributed by atoms with Crippen molar-refractivity contribution >= 4 is 13.7 Å². The van der Waals surface area contributed by atoms with Gasteiger partial charge in [0.05, 0.1) is 39.9 Å². The van der Waals surface area contributed by atoms with Gasteiger partial charge in [0.2, 0.25) is 5.91 Å². The third-order valence-electron chi connectivity index (χ3n) is 19.8. The molecule has 558 valence electrons. The summed E-state index contributed by atoms with van der Waals surface area (Å²) in [7, 11) is 1.29. The first-order chi connectivity index (χ1) is 46.0. The number of allylic oxidation sites excluding steroid dienone is 5. The van der Waals surface area contributed by atoms with Gasteiger partial charge in [-0.1, -0.05) is 429 Å². The highest BCUT2D eigenvalue weighted by molar-refractivity contribution is 7.45. The number of amides is 1. The van der Waals surface area contributed by atoms with Gasteiger partial charge in [-0.2, -0.15) is 0 Å². The number of carbonyl (C=O) groups excluding carboxylic acids is 1. The van der Waals surface area contributed by atoms with Crippen molar-refractivity contribution in [3.63, 3.8) is 0 Å². The summed E-state index contributed by atoms with van der Waals surface area (Å²) in [5, 5.41) is 14.0. The lowest BCUT2D eigenvalue weighted by molar-refractivity contribution is -0.870. The van der Waals surface area contributed by atoms with Crippen molar-refractivity contribution in [1.29, 1.82) is 0 Å². The van der Waals surface area contributed by atoms with Crippen molar-refractivity contribution in [3.05, 3.63) is 36.5 Å². The fraction of sp³-hybridized carbons (Fsp3) is 0.918. The van der Waals surface area contributed by atoms with Crippen LogP contribution in [0, 0.1) is 0 Å². The van der Waals surface area contributed by atoms with Crippen LogP contribution < -0.4 is 10.2 Å². The molecule has 0 fully saturated rings. The number of aliphatic hydroxyl groups excluding tert-OH is 1. The van der Waals surface area contributed by atoms with E-state index >= 15 is 0 Å². The van der Waals surface area contributed by atoms with Crippen LogP contribution >= 0.6 is 7.82 Å². The lowest BCUT2D eigenvalue weighted by Crippen LogP contribution is -2.45. The Hall–Kier alpha value is -1.28. The first-order valence-electron chi connectivity index (χ1n) is 42.4. The number of nitrogens with zero attached hydrogens (tertiary/aromatic N) is 1. The van der Waals surface area contributed by atoms with Crippen LogP contribution in [0.2, 0.25) is 0 Å². The third-order valence-corrected chi connectivity index (χ3v) is 20.8. The normalized spacial score (nSPS) is 13.6. The first-order valence-corrected chi connectivity index (χ1v) is 43.8. The van der Waals surface area contributed by atoms with Crippen LogP contribution in [0.3, 0.4) is 0 Å². The summed E-state index contributed by atoms with van der Waals surface area (Å²) in [6.07, 6.45) is 103. The first kappa shape index (κ1) is 92.7. The number of unbranched alkanes of at least 4 members (excludes halogenated alkanes) is 63. The van der Waals surface area contributed by atoms with Crippen molar-refractivity contribution in [1.82, 2.24) is 5.32 Å². The summed E-state index contributed by atoms with van der Waals surface area (Å²) in [6, 6.07) is -0.887. The molecule has 0 aliphatic heterocycles. The Labute approximate surface area is 588 Å². The van der Waals surface area contributed by atoms with Crippen LogP contribution in [0.25, 0.3) is 0 Å². The minimum Gasteiger partial charge on any atom is -0.756 e. The molecule has 9 heteroatoms. The molecule has 0 heterocycles. The van der Waals surface area contributed by atoms with E-state index in [1.54, 1.807) is 6.08 Å². The second kappa shape index (κ2) is 75.9. The van der Waals surface area contributed by atoms with Crippen LogP contribution in [-0.4, -0.2) is 68.5 Å². The van der Waals surface area contributed by atoms with Gasteiger partial charge < -0.3 is 28.8 Å². The van der Waals surface area contributed by atoms with Crippen LogP contribution in [0.5, 0.6) is 0 Å². The Kier molecular flexibility index (Phi) is 74.9. The second-order valence-corrected chi connectivity index (χ2v) is 32.0. The van der Waals surface area contributed by atoms with Gasteiger partial charge in [-0.15, -0.1) is 0 Å². The van der Waals surface area contributed by atoms with Crippen molar-refractivity contribution in [2.45, 2.75) is 463 Å². The van der Waals surface area contributed by atoms with E-state index in [4.69, 9.17) is 9.05 Å². The maximum Gasteiger partial charge on any atom is 0.268 e. The molecule has 0 aliphatic rings. The summed E-state index contributed by atoms with van der Waals surface area (Å²) >= 11 is 0. The molecule has 1 amide bonds. The molecule has 0 rings (SSSR count). The lowest BCUT2D eigenvalue weighted by atomic mass is 10.0. The van der Waals surface area contributed by atoms with Gasteiger partial charge in [-0.25, -0.2) is 0 Å². The zero-order valence-corrected chi connectivity index (χ0v) is 65.1. The van der Waals surface area contributed by atoms with Gasteiger partial charge in [0, 0.05) is 6.42 Å². The average molecular weight is 1340 g/mol. The molecule has 3 unspecified atom stereocenters. The number of hydrogen-bond acceptors (Lipinski definition) is 6. The van der Waals surface area contributed by atoms with Crippen LogP contribution in [0.1, 0.15) is 450 Å². The summed E-state index contributed by atoms with van der Waals surface area (Å²) in [5.74, 6) is -0.186. The van der Waals surface area contributed by atoms with Gasteiger partial charge in [-0.3, -0.25) is 9.36 Å². The van der Waals surface area contributed by atoms with E-state index in [2.05, 4.69) is 43.5 Å². The molecule has 0 aromatic rings. The van der Waals surface area contributed by atoms with E-state index in [0.717, 1.165) is 44.9 Å². The zero-order valence-electron chi connectivity index (χ0n) is 64.2. The summed E-state index contributed by atoms with van der Waals surface area (Å²) in [6.45, 7) is 4.71. The van der Waals surface area contributed by atoms with E-state index in [-0.39, 0.29) is 19.1 Å². The number of phosphoric acid groups is 1. The van der Waals surface area contributed by atoms with Gasteiger partial charge >= 0.3 is 0 Å². The van der Waals surface area contributed by atoms with Crippen molar-refractivity contribution < 1.29 is 32.9 Å². The number of likely N-dealkylation sites (N-methyl/N-ethyl adjacent to an activating group) is 1. The van der Waals surface area contributed by atoms with Gasteiger partial charge in [-0.05, 0) is 51.4 Å². The van der Waals surface area contributed by atoms with E-state index in [1.165, 1.54) is 385 Å². The van der Waals surface area contributed by atoms with E-state index in [1.807, 2.05) is 27.2 Å². The van der Waals surface area contributed by atoms with Gasteiger partial charge in [0.25, 0.3) is 7.82 Å². The van der Waals surface area contributed by atoms with E-state index in [9.17, 15) is 19.4 Å².